The van der Waals surface area contributed by atoms with E-state index in [1.807, 2.05) is 0 Å². The van der Waals surface area contributed by atoms with Crippen LogP contribution in [0.5, 0.6) is 0 Å². The number of nitrogens with zero attached hydrogens (tertiary/aromatic N) is 2. The topological polar surface area (TPSA) is 66.9 Å². The number of amides is 1. The number of halogens is 6. The minimum Gasteiger partial charge on any atom is -0.349 e. The van der Waals surface area contributed by atoms with Gasteiger partial charge in [-0.05, 0) is 37.1 Å². The van der Waals surface area contributed by atoms with Crippen molar-refractivity contribution in [3.8, 4) is 0 Å². The molecule has 5 nitrogen and oxygen atoms in total. The third kappa shape index (κ3) is 4.57. The molecule has 1 unspecified atom stereocenters. The fourth-order valence-electron chi connectivity index (χ4n) is 3.84. The summed E-state index contributed by atoms with van der Waals surface area (Å²) in [7, 11) is 0. The van der Waals surface area contributed by atoms with Gasteiger partial charge in [-0.3, -0.25) is 4.79 Å². The first-order chi connectivity index (χ1) is 15.6. The van der Waals surface area contributed by atoms with Crippen LogP contribution in [-0.2, 0) is 10.6 Å². The van der Waals surface area contributed by atoms with Gasteiger partial charge in [-0.15, -0.1) is 0 Å². The van der Waals surface area contributed by atoms with Gasteiger partial charge in [-0.1, -0.05) is 0 Å². The zero-order valence-corrected chi connectivity index (χ0v) is 17.0. The molecule has 1 aliphatic heterocycles. The number of nitrogens with one attached hydrogen (secondary N) is 2. The van der Waals surface area contributed by atoms with Crippen molar-refractivity contribution in [1.82, 2.24) is 20.6 Å². The highest BCUT2D eigenvalue weighted by molar-refractivity contribution is 6.04. The zero-order chi connectivity index (χ0) is 23.8. The number of carbonyl (C=O) groups is 1. The fourth-order valence-corrected chi connectivity index (χ4v) is 3.84. The van der Waals surface area contributed by atoms with Gasteiger partial charge in [-0.2, -0.15) is 0 Å². The molecule has 1 aromatic carbocycles. The number of rotatable bonds is 4. The van der Waals surface area contributed by atoms with E-state index in [0.29, 0.717) is 18.2 Å². The van der Waals surface area contributed by atoms with E-state index in [4.69, 9.17) is 0 Å². The molecule has 1 atom stereocenters. The van der Waals surface area contributed by atoms with Gasteiger partial charge < -0.3 is 10.6 Å². The summed E-state index contributed by atoms with van der Waals surface area (Å²) in [4.78, 5) is 20.5. The molecule has 1 aliphatic carbocycles. The molecule has 11 heteroatoms. The van der Waals surface area contributed by atoms with Crippen LogP contribution in [0.25, 0.3) is 5.70 Å². The van der Waals surface area contributed by atoms with Crippen LogP contribution in [0.15, 0.2) is 54.4 Å². The lowest BCUT2D eigenvalue weighted by Gasteiger charge is -2.33. The van der Waals surface area contributed by atoms with E-state index in [2.05, 4.69) is 20.6 Å². The van der Waals surface area contributed by atoms with Crippen molar-refractivity contribution in [2.45, 2.75) is 43.4 Å². The molecule has 2 heterocycles. The smallest absolute Gasteiger partial charge is 0.261 e. The average Bonchev–Trinajstić information content (AvgIpc) is 2.79. The summed E-state index contributed by atoms with van der Waals surface area (Å²) in [5.41, 5.74) is -1.54. The van der Waals surface area contributed by atoms with Crippen LogP contribution in [0.2, 0.25) is 0 Å². The normalized spacial score (nSPS) is 23.0. The molecule has 33 heavy (non-hydrogen) atoms. The van der Waals surface area contributed by atoms with Crippen molar-refractivity contribution < 1.29 is 31.1 Å². The van der Waals surface area contributed by atoms with Crippen molar-refractivity contribution in [3.63, 3.8) is 0 Å². The Morgan fingerprint density at radius 1 is 1.06 bits per heavy atom. The lowest BCUT2D eigenvalue weighted by atomic mass is 9.91. The number of carbonyl (C=O) groups excluding carboxylic acids is 1. The molecule has 0 saturated heterocycles. The second kappa shape index (κ2) is 8.53. The minimum absolute atomic E-state index is 0.0109. The first kappa shape index (κ1) is 22.8. The first-order valence-electron chi connectivity index (χ1n) is 10.1. The Hall–Kier alpha value is -3.37. The SMILES string of the molecule is O=C(NC1CCC(F)(F)CC1)C1=C(c2cncnc2)NC(F)(c2cc(F)ccc2F)C(F)=C1. The minimum atomic E-state index is -3.33. The van der Waals surface area contributed by atoms with Gasteiger partial charge in [0.2, 0.25) is 5.92 Å². The standard InChI is InChI=1S/C22H18F6N4O/c23-13-1-2-17(24)16(7-13)22(28)18(25)8-15(19(32-22)12-9-29-11-30-10-12)20(33)31-14-3-5-21(26,27)6-4-14/h1-2,7-11,14,32H,3-6H2,(H,31,33). The molecule has 1 amide bonds. The van der Waals surface area contributed by atoms with Gasteiger partial charge in [0.25, 0.3) is 11.7 Å². The molecule has 1 saturated carbocycles. The third-order valence-electron chi connectivity index (χ3n) is 5.61. The van der Waals surface area contributed by atoms with Crippen LogP contribution < -0.4 is 10.6 Å². The highest BCUT2D eigenvalue weighted by Crippen LogP contribution is 2.41. The highest BCUT2D eigenvalue weighted by Gasteiger charge is 2.45. The lowest BCUT2D eigenvalue weighted by Crippen LogP contribution is -2.45. The predicted molar refractivity (Wildman–Crippen MR) is 106 cm³/mol. The summed E-state index contributed by atoms with van der Waals surface area (Å²) in [6.45, 7) is 0. The van der Waals surface area contributed by atoms with Crippen molar-refractivity contribution in [2.24, 2.45) is 0 Å². The van der Waals surface area contributed by atoms with Gasteiger partial charge in [-0.25, -0.2) is 36.3 Å². The van der Waals surface area contributed by atoms with E-state index in [1.165, 1.54) is 18.7 Å². The molecule has 1 fully saturated rings. The van der Waals surface area contributed by atoms with Crippen molar-refractivity contribution >= 4 is 11.6 Å². The molecular weight excluding hydrogens is 450 g/mol. The van der Waals surface area contributed by atoms with Crippen LogP contribution >= 0.6 is 0 Å². The third-order valence-corrected chi connectivity index (χ3v) is 5.61. The first-order valence-corrected chi connectivity index (χ1v) is 10.1. The molecule has 0 radical (unpaired) electrons. The van der Waals surface area contributed by atoms with Crippen LogP contribution in [0, 0.1) is 11.6 Å². The largest absolute Gasteiger partial charge is 0.349 e. The van der Waals surface area contributed by atoms with Gasteiger partial charge in [0.15, 0.2) is 5.83 Å². The Morgan fingerprint density at radius 2 is 1.73 bits per heavy atom. The summed E-state index contributed by atoms with van der Waals surface area (Å²) >= 11 is 0. The summed E-state index contributed by atoms with van der Waals surface area (Å²) in [6, 6.07) is 1.31. The Labute approximate surface area is 184 Å². The maximum Gasteiger partial charge on any atom is 0.261 e. The second-order valence-corrected chi connectivity index (χ2v) is 7.92. The molecule has 2 N–H and O–H groups in total. The summed E-state index contributed by atoms with van der Waals surface area (Å²) in [5.74, 6) is -10.8. The quantitative estimate of drug-likeness (QED) is 0.515. The number of aromatic nitrogens is 2. The Kier molecular flexibility index (Phi) is 5.89. The summed E-state index contributed by atoms with van der Waals surface area (Å²) in [6.07, 6.45) is 3.35. The molecule has 4 rings (SSSR count). The molecule has 0 bridgehead atoms. The number of hydrogen-bond donors (Lipinski definition) is 2. The predicted octanol–water partition coefficient (Wildman–Crippen LogP) is 4.44. The van der Waals surface area contributed by atoms with E-state index < -0.39 is 59.5 Å². The maximum absolute atomic E-state index is 15.8. The van der Waals surface area contributed by atoms with E-state index in [0.717, 1.165) is 6.07 Å². The second-order valence-electron chi connectivity index (χ2n) is 7.92. The monoisotopic (exact) mass is 468 g/mol. The molecule has 0 spiro atoms. The molecule has 2 aromatic rings. The van der Waals surface area contributed by atoms with Gasteiger partial charge in [0, 0.05) is 36.8 Å². The van der Waals surface area contributed by atoms with Gasteiger partial charge in [0.05, 0.1) is 16.8 Å². The van der Waals surface area contributed by atoms with E-state index in [-0.39, 0.29) is 29.7 Å². The highest BCUT2D eigenvalue weighted by atomic mass is 19.3. The Balaban J connectivity index is 1.71. The van der Waals surface area contributed by atoms with Crippen LogP contribution in [0.1, 0.15) is 36.8 Å². The van der Waals surface area contributed by atoms with E-state index in [9.17, 15) is 26.7 Å². The molecule has 174 valence electrons. The van der Waals surface area contributed by atoms with Crippen molar-refractivity contribution in [2.75, 3.05) is 0 Å². The van der Waals surface area contributed by atoms with Crippen molar-refractivity contribution in [1.29, 1.82) is 0 Å². The number of dihydropyridines is 1. The molecular formula is C22H18F6N4O. The van der Waals surface area contributed by atoms with Crippen LogP contribution in [0.3, 0.4) is 0 Å². The number of benzene rings is 1. The van der Waals surface area contributed by atoms with E-state index >= 15 is 4.39 Å². The van der Waals surface area contributed by atoms with Crippen molar-refractivity contribution in [3.05, 3.63) is 77.2 Å². The molecule has 1 aromatic heterocycles. The van der Waals surface area contributed by atoms with Gasteiger partial charge in [0.1, 0.15) is 18.0 Å². The van der Waals surface area contributed by atoms with Crippen LogP contribution in [-0.4, -0.2) is 27.8 Å². The van der Waals surface area contributed by atoms with Crippen LogP contribution in [0.4, 0.5) is 26.3 Å². The average molecular weight is 468 g/mol. The lowest BCUT2D eigenvalue weighted by molar-refractivity contribution is -0.119. The summed E-state index contributed by atoms with van der Waals surface area (Å²) in [5, 5.41) is 4.72. The maximum atomic E-state index is 15.8. The fraction of sp³-hybridized carbons (Fsp3) is 0.318. The zero-order valence-electron chi connectivity index (χ0n) is 17.0. The van der Waals surface area contributed by atoms with Gasteiger partial charge >= 0.3 is 0 Å². The number of hydrogen-bond acceptors (Lipinski definition) is 4. The Bertz CT molecular complexity index is 1130. The summed E-state index contributed by atoms with van der Waals surface area (Å²) < 4.78 is 85.6. The van der Waals surface area contributed by atoms with E-state index in [1.54, 1.807) is 0 Å². The Morgan fingerprint density at radius 3 is 2.39 bits per heavy atom. The molecule has 2 aliphatic rings. The number of alkyl halides is 3.